The zero-order valence-corrected chi connectivity index (χ0v) is 17.1. The first-order valence-electron chi connectivity index (χ1n) is 10.3. The number of aromatic nitrogens is 4. The third kappa shape index (κ3) is 3.52. The van der Waals surface area contributed by atoms with E-state index in [9.17, 15) is 9.18 Å². The summed E-state index contributed by atoms with van der Waals surface area (Å²) in [5.41, 5.74) is 4.23. The summed E-state index contributed by atoms with van der Waals surface area (Å²) in [6, 6.07) is 15.5. The van der Waals surface area contributed by atoms with E-state index in [0.717, 1.165) is 41.8 Å². The fourth-order valence-electron chi connectivity index (χ4n) is 4.21. The SMILES string of the molecule is Cn1ccnc1C(NC(=O)c1nn(-c2ccccc2)c2c1CCC2)c1ccc(F)cc1. The van der Waals surface area contributed by atoms with Crippen molar-refractivity contribution in [3.05, 3.63) is 101 Å². The van der Waals surface area contributed by atoms with Gasteiger partial charge in [-0.2, -0.15) is 5.10 Å². The summed E-state index contributed by atoms with van der Waals surface area (Å²) in [6.45, 7) is 0. The van der Waals surface area contributed by atoms with Gasteiger partial charge in [0.15, 0.2) is 5.69 Å². The van der Waals surface area contributed by atoms with Gasteiger partial charge in [-0.15, -0.1) is 0 Å². The molecule has 2 aromatic heterocycles. The van der Waals surface area contributed by atoms with Gasteiger partial charge in [0.25, 0.3) is 5.91 Å². The van der Waals surface area contributed by atoms with Crippen molar-refractivity contribution in [2.75, 3.05) is 0 Å². The van der Waals surface area contributed by atoms with E-state index in [4.69, 9.17) is 0 Å². The maximum atomic E-state index is 13.5. The minimum atomic E-state index is -0.521. The number of fused-ring (bicyclic) bond motifs is 1. The Morgan fingerprint density at radius 2 is 1.87 bits per heavy atom. The normalized spacial score (nSPS) is 13.7. The highest BCUT2D eigenvalue weighted by molar-refractivity contribution is 5.94. The second kappa shape index (κ2) is 7.83. The van der Waals surface area contributed by atoms with E-state index in [1.54, 1.807) is 18.3 Å². The molecule has 31 heavy (non-hydrogen) atoms. The Labute approximate surface area is 179 Å². The number of amides is 1. The molecule has 1 unspecified atom stereocenters. The van der Waals surface area contributed by atoms with Crippen LogP contribution in [0.25, 0.3) is 5.69 Å². The van der Waals surface area contributed by atoms with Crippen molar-refractivity contribution < 1.29 is 9.18 Å². The fraction of sp³-hybridized carbons (Fsp3) is 0.208. The molecule has 0 bridgehead atoms. The lowest BCUT2D eigenvalue weighted by Crippen LogP contribution is -2.32. The Kier molecular flexibility index (Phi) is 4.86. The molecule has 1 atom stereocenters. The molecule has 1 aliphatic rings. The molecule has 6 nitrogen and oxygen atoms in total. The lowest BCUT2D eigenvalue weighted by molar-refractivity contribution is 0.0934. The van der Waals surface area contributed by atoms with E-state index >= 15 is 0 Å². The van der Waals surface area contributed by atoms with Crippen LogP contribution in [0.4, 0.5) is 4.39 Å². The van der Waals surface area contributed by atoms with Crippen LogP contribution < -0.4 is 5.32 Å². The van der Waals surface area contributed by atoms with Gasteiger partial charge >= 0.3 is 0 Å². The number of nitrogens with zero attached hydrogens (tertiary/aromatic N) is 4. The van der Waals surface area contributed by atoms with Gasteiger partial charge < -0.3 is 9.88 Å². The number of benzene rings is 2. The predicted molar refractivity (Wildman–Crippen MR) is 115 cm³/mol. The first kappa shape index (κ1) is 19.2. The molecule has 7 heteroatoms. The smallest absolute Gasteiger partial charge is 0.272 e. The fourth-order valence-corrected chi connectivity index (χ4v) is 4.21. The summed E-state index contributed by atoms with van der Waals surface area (Å²) in [4.78, 5) is 17.8. The minimum Gasteiger partial charge on any atom is -0.337 e. The number of halogens is 1. The van der Waals surface area contributed by atoms with Crippen LogP contribution in [0.1, 0.15) is 45.6 Å². The third-order valence-corrected chi connectivity index (χ3v) is 5.74. The standard InChI is InChI=1S/C24H22FN5O/c1-29-15-14-26-23(29)21(16-10-12-17(25)13-11-16)27-24(31)22-19-8-5-9-20(19)30(28-22)18-6-3-2-4-7-18/h2-4,6-7,10-15,21H,5,8-9H2,1H3,(H,27,31). The topological polar surface area (TPSA) is 64.7 Å². The molecule has 0 saturated heterocycles. The lowest BCUT2D eigenvalue weighted by Gasteiger charge is -2.19. The van der Waals surface area contributed by atoms with E-state index in [0.29, 0.717) is 11.5 Å². The molecule has 156 valence electrons. The summed E-state index contributed by atoms with van der Waals surface area (Å²) in [6.07, 6.45) is 6.22. The van der Waals surface area contributed by atoms with Crippen molar-refractivity contribution in [3.63, 3.8) is 0 Å². The molecule has 2 heterocycles. The van der Waals surface area contributed by atoms with Crippen molar-refractivity contribution in [2.45, 2.75) is 25.3 Å². The maximum Gasteiger partial charge on any atom is 0.272 e. The number of aryl methyl sites for hydroxylation is 1. The highest BCUT2D eigenvalue weighted by Crippen LogP contribution is 2.29. The van der Waals surface area contributed by atoms with Gasteiger partial charge in [-0.05, 0) is 49.1 Å². The van der Waals surface area contributed by atoms with Gasteiger partial charge in [-0.25, -0.2) is 14.1 Å². The van der Waals surface area contributed by atoms with E-state index < -0.39 is 6.04 Å². The van der Waals surface area contributed by atoms with Gasteiger partial charge in [-0.1, -0.05) is 30.3 Å². The van der Waals surface area contributed by atoms with E-state index in [2.05, 4.69) is 15.4 Å². The molecular formula is C24H22FN5O. The number of imidazole rings is 1. The monoisotopic (exact) mass is 415 g/mol. The predicted octanol–water partition coefficient (Wildman–Crippen LogP) is 3.75. The van der Waals surface area contributed by atoms with Crippen LogP contribution in [-0.4, -0.2) is 25.2 Å². The average molecular weight is 415 g/mol. The van der Waals surface area contributed by atoms with Crippen molar-refractivity contribution in [3.8, 4) is 5.69 Å². The van der Waals surface area contributed by atoms with E-state index in [-0.39, 0.29) is 11.7 Å². The maximum absolute atomic E-state index is 13.5. The van der Waals surface area contributed by atoms with Crippen molar-refractivity contribution >= 4 is 5.91 Å². The van der Waals surface area contributed by atoms with Crippen LogP contribution in [-0.2, 0) is 19.9 Å². The number of carbonyl (C=O) groups is 1. The second-order valence-corrected chi connectivity index (χ2v) is 7.73. The minimum absolute atomic E-state index is 0.259. The largest absolute Gasteiger partial charge is 0.337 e. The van der Waals surface area contributed by atoms with E-state index in [1.807, 2.05) is 52.8 Å². The molecule has 1 amide bonds. The first-order chi connectivity index (χ1) is 15.1. The molecule has 0 fully saturated rings. The Hall–Kier alpha value is -3.74. The van der Waals surface area contributed by atoms with Crippen LogP contribution >= 0.6 is 0 Å². The Balaban J connectivity index is 1.52. The molecule has 4 aromatic rings. The third-order valence-electron chi connectivity index (χ3n) is 5.74. The quantitative estimate of drug-likeness (QED) is 0.540. The average Bonchev–Trinajstić information content (AvgIpc) is 3.50. The number of carbonyl (C=O) groups excluding carboxylic acids is 1. The molecule has 0 radical (unpaired) electrons. The van der Waals surface area contributed by atoms with Crippen molar-refractivity contribution in [1.82, 2.24) is 24.6 Å². The molecule has 0 spiro atoms. The number of hydrogen-bond donors (Lipinski definition) is 1. The zero-order chi connectivity index (χ0) is 21.4. The molecular weight excluding hydrogens is 393 g/mol. The Morgan fingerprint density at radius 1 is 1.10 bits per heavy atom. The Bertz CT molecular complexity index is 1230. The van der Waals surface area contributed by atoms with Crippen LogP contribution in [0.5, 0.6) is 0 Å². The molecule has 1 aliphatic carbocycles. The van der Waals surface area contributed by atoms with Crippen LogP contribution in [0, 0.1) is 5.82 Å². The van der Waals surface area contributed by atoms with Gasteiger partial charge in [-0.3, -0.25) is 4.79 Å². The molecule has 2 aromatic carbocycles. The summed E-state index contributed by atoms with van der Waals surface area (Å²) < 4.78 is 17.2. The molecule has 0 saturated carbocycles. The second-order valence-electron chi connectivity index (χ2n) is 7.73. The number of hydrogen-bond acceptors (Lipinski definition) is 3. The highest BCUT2D eigenvalue weighted by Gasteiger charge is 2.29. The first-order valence-corrected chi connectivity index (χ1v) is 10.3. The summed E-state index contributed by atoms with van der Waals surface area (Å²) in [5.74, 6) is 0.0809. The summed E-state index contributed by atoms with van der Waals surface area (Å²) in [5, 5.41) is 7.77. The number of nitrogens with one attached hydrogen (secondary N) is 1. The van der Waals surface area contributed by atoms with E-state index in [1.165, 1.54) is 12.1 Å². The lowest BCUT2D eigenvalue weighted by atomic mass is 10.1. The van der Waals surface area contributed by atoms with Gasteiger partial charge in [0.2, 0.25) is 0 Å². The number of para-hydroxylation sites is 1. The van der Waals surface area contributed by atoms with Crippen LogP contribution in [0.3, 0.4) is 0 Å². The van der Waals surface area contributed by atoms with Crippen molar-refractivity contribution in [2.24, 2.45) is 7.05 Å². The Morgan fingerprint density at radius 3 is 2.58 bits per heavy atom. The van der Waals surface area contributed by atoms with Crippen LogP contribution in [0.15, 0.2) is 67.0 Å². The summed E-state index contributed by atoms with van der Waals surface area (Å²) >= 11 is 0. The van der Waals surface area contributed by atoms with Gasteiger partial charge in [0, 0.05) is 30.7 Å². The molecule has 1 N–H and O–H groups in total. The van der Waals surface area contributed by atoms with Gasteiger partial charge in [0.1, 0.15) is 17.7 Å². The molecule has 0 aliphatic heterocycles. The highest BCUT2D eigenvalue weighted by atomic mass is 19.1. The number of rotatable bonds is 5. The van der Waals surface area contributed by atoms with Crippen molar-refractivity contribution in [1.29, 1.82) is 0 Å². The van der Waals surface area contributed by atoms with Crippen LogP contribution in [0.2, 0.25) is 0 Å². The molecule has 5 rings (SSSR count). The van der Waals surface area contributed by atoms with Gasteiger partial charge in [0.05, 0.1) is 5.69 Å². The summed E-state index contributed by atoms with van der Waals surface area (Å²) in [7, 11) is 1.87. The zero-order valence-electron chi connectivity index (χ0n) is 17.1.